The predicted molar refractivity (Wildman–Crippen MR) is 103 cm³/mol. The molecule has 1 aliphatic carbocycles. The molecule has 2 aliphatic heterocycles. The maximum atomic E-state index is 12.9. The molecule has 25 heavy (non-hydrogen) atoms. The number of carbonyl (C=O) groups is 1. The van der Waals surface area contributed by atoms with Gasteiger partial charge in [-0.25, -0.2) is 0 Å². The van der Waals surface area contributed by atoms with Gasteiger partial charge < -0.3 is 20.4 Å². The van der Waals surface area contributed by atoms with E-state index < -0.39 is 0 Å². The number of rotatable bonds is 1. The van der Waals surface area contributed by atoms with E-state index in [9.17, 15) is 4.79 Å². The van der Waals surface area contributed by atoms with Gasteiger partial charge in [-0.1, -0.05) is 19.3 Å². The molecule has 1 saturated carbocycles. The van der Waals surface area contributed by atoms with Crippen LogP contribution in [0.3, 0.4) is 0 Å². The largest absolute Gasteiger partial charge is 0.378 e. The average molecular weight is 340 g/mol. The minimum absolute atomic E-state index is 0.0699. The van der Waals surface area contributed by atoms with Crippen LogP contribution in [0.25, 0.3) is 5.57 Å². The first kappa shape index (κ1) is 16.3. The Morgan fingerprint density at radius 1 is 1.08 bits per heavy atom. The Bertz CT molecular complexity index is 719. The zero-order valence-corrected chi connectivity index (χ0v) is 15.5. The molecule has 2 heterocycles. The van der Waals surface area contributed by atoms with Crippen molar-refractivity contribution < 1.29 is 4.79 Å². The SMILES string of the molecule is CN(C)c1ccc2c(c1)C(=C1NCC3(CCCCC3)CN1)C(=O)N2C. The molecule has 0 bridgehead atoms. The highest BCUT2D eigenvalue weighted by Crippen LogP contribution is 2.41. The van der Waals surface area contributed by atoms with Crippen molar-refractivity contribution in [2.75, 3.05) is 44.0 Å². The van der Waals surface area contributed by atoms with Crippen LogP contribution in [0.2, 0.25) is 0 Å². The summed E-state index contributed by atoms with van der Waals surface area (Å²) in [5.74, 6) is 0.975. The van der Waals surface area contributed by atoms with E-state index >= 15 is 0 Å². The molecule has 4 rings (SSSR count). The van der Waals surface area contributed by atoms with Crippen molar-refractivity contribution in [2.45, 2.75) is 32.1 Å². The first-order chi connectivity index (χ1) is 12.0. The molecule has 1 saturated heterocycles. The molecule has 5 nitrogen and oxygen atoms in total. The highest BCUT2D eigenvalue weighted by atomic mass is 16.2. The molecular weight excluding hydrogens is 312 g/mol. The third-order valence-corrected chi connectivity index (χ3v) is 6.09. The van der Waals surface area contributed by atoms with E-state index in [0.29, 0.717) is 5.41 Å². The van der Waals surface area contributed by atoms with Gasteiger partial charge in [0.2, 0.25) is 0 Å². The molecule has 1 aromatic carbocycles. The maximum Gasteiger partial charge on any atom is 0.262 e. The zero-order valence-electron chi connectivity index (χ0n) is 15.5. The summed E-state index contributed by atoms with van der Waals surface area (Å²) < 4.78 is 0. The third kappa shape index (κ3) is 2.66. The molecule has 1 spiro atoms. The van der Waals surface area contributed by atoms with E-state index in [4.69, 9.17) is 0 Å². The third-order valence-electron chi connectivity index (χ3n) is 6.09. The highest BCUT2D eigenvalue weighted by molar-refractivity contribution is 6.33. The number of anilines is 2. The van der Waals surface area contributed by atoms with Gasteiger partial charge in [0.05, 0.1) is 11.3 Å². The Morgan fingerprint density at radius 2 is 1.76 bits per heavy atom. The van der Waals surface area contributed by atoms with Crippen LogP contribution < -0.4 is 20.4 Å². The molecular formula is C20H28N4O. The Balaban J connectivity index is 1.68. The summed E-state index contributed by atoms with van der Waals surface area (Å²) in [6.07, 6.45) is 6.58. The van der Waals surface area contributed by atoms with Crippen molar-refractivity contribution in [1.29, 1.82) is 0 Å². The van der Waals surface area contributed by atoms with Crippen molar-refractivity contribution >= 4 is 22.9 Å². The van der Waals surface area contributed by atoms with Gasteiger partial charge in [0.15, 0.2) is 0 Å². The fraction of sp³-hybridized carbons (Fsp3) is 0.550. The lowest BCUT2D eigenvalue weighted by molar-refractivity contribution is -0.112. The van der Waals surface area contributed by atoms with E-state index in [1.807, 2.05) is 27.2 Å². The average Bonchev–Trinajstić information content (AvgIpc) is 2.87. The summed E-state index contributed by atoms with van der Waals surface area (Å²) in [4.78, 5) is 16.7. The van der Waals surface area contributed by atoms with Crippen LogP contribution in [-0.4, -0.2) is 40.1 Å². The smallest absolute Gasteiger partial charge is 0.262 e. The Hall–Kier alpha value is -2.17. The second-order valence-electron chi connectivity index (χ2n) is 7.98. The van der Waals surface area contributed by atoms with Gasteiger partial charge in [-0.3, -0.25) is 4.79 Å². The number of fused-ring (bicyclic) bond motifs is 1. The van der Waals surface area contributed by atoms with E-state index in [0.717, 1.165) is 41.4 Å². The monoisotopic (exact) mass is 340 g/mol. The van der Waals surface area contributed by atoms with Crippen LogP contribution >= 0.6 is 0 Å². The fourth-order valence-electron chi connectivity index (χ4n) is 4.44. The molecule has 0 aromatic heterocycles. The van der Waals surface area contributed by atoms with Gasteiger partial charge in [0, 0.05) is 50.9 Å². The normalized spacial score (nSPS) is 21.9. The zero-order chi connectivity index (χ0) is 17.6. The number of nitrogens with zero attached hydrogens (tertiary/aromatic N) is 2. The van der Waals surface area contributed by atoms with Crippen molar-refractivity contribution in [3.05, 3.63) is 29.6 Å². The Kier molecular flexibility index (Phi) is 3.89. The van der Waals surface area contributed by atoms with E-state index in [-0.39, 0.29) is 5.91 Å². The van der Waals surface area contributed by atoms with Crippen molar-refractivity contribution in [1.82, 2.24) is 10.6 Å². The number of benzene rings is 1. The Morgan fingerprint density at radius 3 is 2.40 bits per heavy atom. The second-order valence-corrected chi connectivity index (χ2v) is 7.98. The van der Waals surface area contributed by atoms with Crippen LogP contribution in [0.15, 0.2) is 24.0 Å². The summed E-state index contributed by atoms with van der Waals surface area (Å²) in [6, 6.07) is 6.23. The highest BCUT2D eigenvalue weighted by Gasteiger charge is 2.38. The van der Waals surface area contributed by atoms with Gasteiger partial charge in [-0.2, -0.15) is 0 Å². The van der Waals surface area contributed by atoms with Gasteiger partial charge >= 0.3 is 0 Å². The molecule has 0 radical (unpaired) electrons. The molecule has 5 heteroatoms. The van der Waals surface area contributed by atoms with E-state index in [1.54, 1.807) is 4.90 Å². The number of hydrogen-bond acceptors (Lipinski definition) is 4. The maximum absolute atomic E-state index is 12.9. The lowest BCUT2D eigenvalue weighted by atomic mass is 9.73. The molecule has 2 N–H and O–H groups in total. The van der Waals surface area contributed by atoms with Crippen LogP contribution in [0.5, 0.6) is 0 Å². The van der Waals surface area contributed by atoms with E-state index in [1.165, 1.54) is 32.1 Å². The molecule has 0 unspecified atom stereocenters. The molecule has 3 aliphatic rings. The summed E-state index contributed by atoms with van der Waals surface area (Å²) in [7, 11) is 5.91. The van der Waals surface area contributed by atoms with Gasteiger partial charge in [-0.05, 0) is 31.0 Å². The molecule has 1 aromatic rings. The summed E-state index contributed by atoms with van der Waals surface area (Å²) in [5, 5.41) is 7.14. The standard InChI is InChI=1S/C20H28N4O/c1-23(2)14-7-8-16-15(11-14)17(19(25)24(16)3)18-21-12-20(13-22-18)9-5-4-6-10-20/h7-8,11,21-22H,4-6,9-10,12-13H2,1-3H3. The topological polar surface area (TPSA) is 47.6 Å². The number of nitrogens with one attached hydrogen (secondary N) is 2. The van der Waals surface area contributed by atoms with Gasteiger partial charge in [0.1, 0.15) is 5.82 Å². The summed E-state index contributed by atoms with van der Waals surface area (Å²) in [6.45, 7) is 1.94. The van der Waals surface area contributed by atoms with Crippen LogP contribution in [0.4, 0.5) is 11.4 Å². The van der Waals surface area contributed by atoms with Crippen LogP contribution in [0, 0.1) is 5.41 Å². The molecule has 0 atom stereocenters. The quantitative estimate of drug-likeness (QED) is 0.772. The molecule has 1 amide bonds. The van der Waals surface area contributed by atoms with Crippen molar-refractivity contribution in [2.24, 2.45) is 5.41 Å². The lowest BCUT2D eigenvalue weighted by Gasteiger charge is -2.42. The predicted octanol–water partition coefficient (Wildman–Crippen LogP) is 2.54. The number of likely N-dealkylation sites (N-methyl/N-ethyl adjacent to an activating group) is 1. The summed E-state index contributed by atoms with van der Waals surface area (Å²) >= 11 is 0. The van der Waals surface area contributed by atoms with Crippen LogP contribution in [-0.2, 0) is 4.79 Å². The number of amides is 1. The first-order valence-corrected chi connectivity index (χ1v) is 9.33. The fourth-order valence-corrected chi connectivity index (χ4v) is 4.44. The van der Waals surface area contributed by atoms with Crippen molar-refractivity contribution in [3.63, 3.8) is 0 Å². The molecule has 2 fully saturated rings. The minimum Gasteiger partial charge on any atom is -0.378 e. The van der Waals surface area contributed by atoms with Gasteiger partial charge in [0.25, 0.3) is 5.91 Å². The second kappa shape index (κ2) is 5.97. The molecule has 134 valence electrons. The first-order valence-electron chi connectivity index (χ1n) is 9.33. The van der Waals surface area contributed by atoms with Gasteiger partial charge in [-0.15, -0.1) is 0 Å². The lowest BCUT2D eigenvalue weighted by Crippen LogP contribution is -2.51. The van der Waals surface area contributed by atoms with Crippen molar-refractivity contribution in [3.8, 4) is 0 Å². The van der Waals surface area contributed by atoms with Crippen LogP contribution in [0.1, 0.15) is 37.7 Å². The summed E-state index contributed by atoms with van der Waals surface area (Å²) in [5.41, 5.74) is 4.27. The van der Waals surface area contributed by atoms with E-state index in [2.05, 4.69) is 27.7 Å². The number of carbonyl (C=O) groups excluding carboxylic acids is 1. The Labute approximate surface area is 150 Å². The number of hydrogen-bond donors (Lipinski definition) is 2. The minimum atomic E-state index is 0.0699.